The number of H-pyrrole nitrogens is 1. The molecule has 0 radical (unpaired) electrons. The van der Waals surface area contributed by atoms with E-state index >= 15 is 0 Å². The van der Waals surface area contributed by atoms with Gasteiger partial charge in [-0.3, -0.25) is 14.9 Å². The summed E-state index contributed by atoms with van der Waals surface area (Å²) in [6.07, 6.45) is 4.22. The lowest BCUT2D eigenvalue weighted by atomic mass is 10.0. The number of carboxylic acids is 1. The lowest BCUT2D eigenvalue weighted by molar-refractivity contribution is 0.0694. The first kappa shape index (κ1) is 15.7. The molecule has 0 saturated heterocycles. The van der Waals surface area contributed by atoms with Crippen LogP contribution >= 0.6 is 0 Å². The Hall–Kier alpha value is -3.81. The number of benzene rings is 1. The van der Waals surface area contributed by atoms with Crippen LogP contribution in [-0.4, -0.2) is 30.7 Å². The zero-order chi connectivity index (χ0) is 18.3. The number of carbonyl (C=O) groups is 1. The van der Waals surface area contributed by atoms with Gasteiger partial charge in [-0.15, -0.1) is 0 Å². The Bertz CT molecular complexity index is 1180. The van der Waals surface area contributed by atoms with E-state index in [1.54, 1.807) is 36.7 Å². The van der Waals surface area contributed by atoms with Crippen molar-refractivity contribution in [2.24, 2.45) is 0 Å². The Labute approximate surface area is 145 Å². The molecular weight excluding hydrogens is 339 g/mol. The summed E-state index contributed by atoms with van der Waals surface area (Å²) in [5, 5.41) is 12.0. The molecule has 0 fully saturated rings. The highest BCUT2D eigenvalue weighted by molar-refractivity contribution is 5.92. The standard InChI is InChI=1S/C18H11FN4O3/c19-12-3-1-11(2-4-12)15-14(10-5-7-20-8-6-10)16-21-9-13(18(25)26)17(24)23(16)22-15/h1-9,22H,(H,25,26). The second-order valence-corrected chi connectivity index (χ2v) is 5.55. The van der Waals surface area contributed by atoms with Gasteiger partial charge in [0, 0.05) is 24.2 Å². The average molecular weight is 350 g/mol. The van der Waals surface area contributed by atoms with Gasteiger partial charge in [-0.2, -0.15) is 4.52 Å². The molecule has 7 nitrogen and oxygen atoms in total. The molecule has 0 aliphatic heterocycles. The molecule has 3 aromatic heterocycles. The summed E-state index contributed by atoms with van der Waals surface area (Å²) >= 11 is 0. The van der Waals surface area contributed by atoms with Crippen molar-refractivity contribution in [3.05, 3.63) is 76.7 Å². The van der Waals surface area contributed by atoms with Crippen molar-refractivity contribution in [3.63, 3.8) is 0 Å². The van der Waals surface area contributed by atoms with Crippen LogP contribution in [0.4, 0.5) is 4.39 Å². The molecule has 4 rings (SSSR count). The van der Waals surface area contributed by atoms with Gasteiger partial charge in [0.15, 0.2) is 5.65 Å². The summed E-state index contributed by atoms with van der Waals surface area (Å²) in [4.78, 5) is 31.8. The van der Waals surface area contributed by atoms with Crippen LogP contribution in [0.25, 0.3) is 28.0 Å². The lowest BCUT2D eigenvalue weighted by Crippen LogP contribution is -2.22. The number of nitrogens with one attached hydrogen (secondary N) is 1. The van der Waals surface area contributed by atoms with E-state index < -0.39 is 22.9 Å². The molecule has 8 heteroatoms. The highest BCUT2D eigenvalue weighted by atomic mass is 19.1. The monoisotopic (exact) mass is 350 g/mol. The zero-order valence-electron chi connectivity index (χ0n) is 13.2. The van der Waals surface area contributed by atoms with E-state index in [1.165, 1.54) is 12.1 Å². The molecule has 0 spiro atoms. The van der Waals surface area contributed by atoms with Crippen LogP contribution in [0, 0.1) is 5.82 Å². The number of carboxylic acid groups (broad SMARTS) is 1. The van der Waals surface area contributed by atoms with Crippen molar-refractivity contribution in [3.8, 4) is 22.4 Å². The molecule has 3 heterocycles. The Morgan fingerprint density at radius 1 is 1.08 bits per heavy atom. The zero-order valence-corrected chi connectivity index (χ0v) is 13.2. The van der Waals surface area contributed by atoms with E-state index in [0.717, 1.165) is 16.3 Å². The molecule has 0 amide bonds. The normalized spacial score (nSPS) is 11.0. The second kappa shape index (κ2) is 5.92. The third-order valence-corrected chi connectivity index (χ3v) is 3.99. The quantitative estimate of drug-likeness (QED) is 0.591. The van der Waals surface area contributed by atoms with Crippen molar-refractivity contribution < 1.29 is 14.3 Å². The lowest BCUT2D eigenvalue weighted by Gasteiger charge is -2.04. The predicted molar refractivity (Wildman–Crippen MR) is 91.4 cm³/mol. The van der Waals surface area contributed by atoms with E-state index in [-0.39, 0.29) is 5.65 Å². The Balaban J connectivity index is 2.09. The molecular formula is C18H11FN4O3. The third-order valence-electron chi connectivity index (χ3n) is 3.99. The summed E-state index contributed by atoms with van der Waals surface area (Å²) < 4.78 is 14.4. The van der Waals surface area contributed by atoms with E-state index in [2.05, 4.69) is 15.1 Å². The number of rotatable bonds is 3. The molecule has 26 heavy (non-hydrogen) atoms. The molecule has 0 unspecified atom stereocenters. The maximum atomic E-state index is 13.3. The van der Waals surface area contributed by atoms with Crippen molar-refractivity contribution in [2.45, 2.75) is 0 Å². The van der Waals surface area contributed by atoms with Gasteiger partial charge in [0.2, 0.25) is 0 Å². The van der Waals surface area contributed by atoms with Crippen molar-refractivity contribution in [1.82, 2.24) is 19.6 Å². The number of pyridine rings is 1. The van der Waals surface area contributed by atoms with Crippen molar-refractivity contribution >= 4 is 11.6 Å². The largest absolute Gasteiger partial charge is 0.477 e. The van der Waals surface area contributed by atoms with Gasteiger partial charge in [0.1, 0.15) is 11.4 Å². The average Bonchev–Trinajstić information content (AvgIpc) is 3.03. The Morgan fingerprint density at radius 3 is 2.42 bits per heavy atom. The summed E-state index contributed by atoms with van der Waals surface area (Å²) in [6.45, 7) is 0. The SMILES string of the molecule is O=C(O)c1cnc2c(-c3ccncc3)c(-c3ccc(F)cc3)[nH]n2c1=O. The first-order valence-corrected chi connectivity index (χ1v) is 7.59. The van der Waals surface area contributed by atoms with Gasteiger partial charge in [-0.25, -0.2) is 14.2 Å². The second-order valence-electron chi connectivity index (χ2n) is 5.55. The van der Waals surface area contributed by atoms with Crippen molar-refractivity contribution in [2.75, 3.05) is 0 Å². The number of aromatic amines is 1. The van der Waals surface area contributed by atoms with E-state index in [4.69, 9.17) is 5.11 Å². The number of hydrogen-bond acceptors (Lipinski definition) is 4. The smallest absolute Gasteiger partial charge is 0.343 e. The minimum atomic E-state index is -1.36. The number of hydrogen-bond donors (Lipinski definition) is 2. The Kier molecular flexibility index (Phi) is 3.58. The molecule has 0 aliphatic rings. The number of halogens is 1. The first-order valence-electron chi connectivity index (χ1n) is 7.59. The minimum absolute atomic E-state index is 0.269. The first-order chi connectivity index (χ1) is 12.6. The molecule has 0 aliphatic carbocycles. The van der Waals surface area contributed by atoms with Crippen molar-refractivity contribution in [1.29, 1.82) is 0 Å². The van der Waals surface area contributed by atoms with Crippen LogP contribution in [0.5, 0.6) is 0 Å². The minimum Gasteiger partial charge on any atom is -0.477 e. The van der Waals surface area contributed by atoms with Crippen LogP contribution in [0.3, 0.4) is 0 Å². The number of fused-ring (bicyclic) bond motifs is 1. The van der Waals surface area contributed by atoms with Gasteiger partial charge in [0.05, 0.1) is 11.3 Å². The number of nitrogens with zero attached hydrogens (tertiary/aromatic N) is 3. The van der Waals surface area contributed by atoms with Gasteiger partial charge in [-0.05, 0) is 42.0 Å². The maximum absolute atomic E-state index is 13.3. The van der Waals surface area contributed by atoms with E-state index in [9.17, 15) is 14.0 Å². The molecule has 0 atom stereocenters. The van der Waals surface area contributed by atoms with Gasteiger partial charge < -0.3 is 5.11 Å². The molecule has 4 aromatic rings. The predicted octanol–water partition coefficient (Wildman–Crippen LogP) is 2.59. The third kappa shape index (κ3) is 2.44. The summed E-state index contributed by atoms with van der Waals surface area (Å²) in [7, 11) is 0. The molecule has 0 bridgehead atoms. The molecule has 2 N–H and O–H groups in total. The van der Waals surface area contributed by atoms with Crippen LogP contribution in [0.15, 0.2) is 59.8 Å². The Morgan fingerprint density at radius 2 is 1.77 bits per heavy atom. The highest BCUT2D eigenvalue weighted by Gasteiger charge is 2.20. The maximum Gasteiger partial charge on any atom is 0.343 e. The summed E-state index contributed by atoms with van der Waals surface area (Å²) in [5.74, 6) is -1.75. The topological polar surface area (TPSA) is 100 Å². The number of aromatic carboxylic acids is 1. The summed E-state index contributed by atoms with van der Waals surface area (Å²) in [5.41, 5.74) is 1.55. The van der Waals surface area contributed by atoms with E-state index in [0.29, 0.717) is 16.8 Å². The fourth-order valence-electron chi connectivity index (χ4n) is 2.78. The fourth-order valence-corrected chi connectivity index (χ4v) is 2.78. The number of aromatic nitrogens is 4. The van der Waals surface area contributed by atoms with Crippen LogP contribution in [0.2, 0.25) is 0 Å². The van der Waals surface area contributed by atoms with Gasteiger partial charge in [-0.1, -0.05) is 0 Å². The highest BCUT2D eigenvalue weighted by Crippen LogP contribution is 2.33. The van der Waals surface area contributed by atoms with E-state index in [1.807, 2.05) is 0 Å². The molecule has 1 aromatic carbocycles. The van der Waals surface area contributed by atoms with Crippen LogP contribution in [0.1, 0.15) is 10.4 Å². The van der Waals surface area contributed by atoms with Crippen LogP contribution < -0.4 is 5.56 Å². The fraction of sp³-hybridized carbons (Fsp3) is 0. The van der Waals surface area contributed by atoms with Gasteiger partial charge in [0.25, 0.3) is 5.56 Å². The van der Waals surface area contributed by atoms with Crippen LogP contribution in [-0.2, 0) is 0 Å². The molecule has 128 valence electrons. The summed E-state index contributed by atoms with van der Waals surface area (Å²) in [6, 6.07) is 9.22. The van der Waals surface area contributed by atoms with Gasteiger partial charge >= 0.3 is 5.97 Å². The molecule has 0 saturated carbocycles.